The molecule has 2 N–H and O–H groups in total. The van der Waals surface area contributed by atoms with Crippen molar-refractivity contribution in [3.8, 4) is 0 Å². The third-order valence-corrected chi connectivity index (χ3v) is 4.57. The van der Waals surface area contributed by atoms with Crippen molar-refractivity contribution in [3.63, 3.8) is 0 Å². The van der Waals surface area contributed by atoms with Crippen LogP contribution in [0.5, 0.6) is 0 Å². The zero-order valence-corrected chi connectivity index (χ0v) is 15.5. The fraction of sp³-hybridized carbons (Fsp3) is 0.143. The van der Waals surface area contributed by atoms with Crippen LogP contribution in [0, 0.1) is 0 Å². The van der Waals surface area contributed by atoms with E-state index >= 15 is 0 Å². The zero-order chi connectivity index (χ0) is 20.2. The number of carbonyl (C=O) groups excluding carboxylic acids is 1. The molecule has 1 amide bonds. The van der Waals surface area contributed by atoms with Crippen LogP contribution in [-0.2, 0) is 6.54 Å². The highest BCUT2D eigenvalue weighted by molar-refractivity contribution is 5.92. The summed E-state index contributed by atoms with van der Waals surface area (Å²) in [6, 6.07) is 19.7. The van der Waals surface area contributed by atoms with Gasteiger partial charge in [-0.3, -0.25) is 14.7 Å². The van der Waals surface area contributed by atoms with Crippen molar-refractivity contribution in [3.05, 3.63) is 100 Å². The summed E-state index contributed by atoms with van der Waals surface area (Å²) in [5.41, 5.74) is 1.16. The van der Waals surface area contributed by atoms with E-state index in [0.717, 1.165) is 10.1 Å². The molecule has 8 nitrogen and oxygen atoms in total. The second-order valence-electron chi connectivity index (χ2n) is 6.60. The number of benzene rings is 2. The number of H-pyrrole nitrogens is 1. The molecule has 1 atom stereocenters. The monoisotopic (exact) mass is 389 g/mol. The molecular weight excluding hydrogens is 370 g/mol. The zero-order valence-electron chi connectivity index (χ0n) is 15.5. The molecule has 2 aromatic heterocycles. The van der Waals surface area contributed by atoms with Gasteiger partial charge in [-0.05, 0) is 11.1 Å². The molecule has 0 radical (unpaired) electrons. The quantitative estimate of drug-likeness (QED) is 0.523. The summed E-state index contributed by atoms with van der Waals surface area (Å²) >= 11 is 0. The van der Waals surface area contributed by atoms with Gasteiger partial charge in [-0.1, -0.05) is 60.7 Å². The molecule has 0 saturated heterocycles. The molecule has 0 fully saturated rings. The highest BCUT2D eigenvalue weighted by atomic mass is 16.3. The van der Waals surface area contributed by atoms with Gasteiger partial charge < -0.3 is 10.0 Å². The predicted molar refractivity (Wildman–Crippen MR) is 106 cm³/mol. The second kappa shape index (κ2) is 8.07. The number of fused-ring (bicyclic) bond motifs is 1. The number of carbonyl (C=O) groups is 1. The molecule has 0 saturated carbocycles. The first kappa shape index (κ1) is 18.6. The van der Waals surface area contributed by atoms with Crippen LogP contribution in [0.4, 0.5) is 0 Å². The van der Waals surface area contributed by atoms with E-state index in [0.29, 0.717) is 5.56 Å². The Morgan fingerprint density at radius 1 is 1.10 bits per heavy atom. The Bertz CT molecular complexity index is 1170. The first-order valence-corrected chi connectivity index (χ1v) is 9.11. The fourth-order valence-corrected chi connectivity index (χ4v) is 3.11. The van der Waals surface area contributed by atoms with Crippen molar-refractivity contribution < 1.29 is 9.90 Å². The van der Waals surface area contributed by atoms with Crippen LogP contribution < -0.4 is 5.56 Å². The Morgan fingerprint density at radius 3 is 2.52 bits per heavy atom. The number of nitrogens with zero attached hydrogens (tertiary/aromatic N) is 4. The van der Waals surface area contributed by atoms with E-state index in [1.807, 2.05) is 48.5 Å². The van der Waals surface area contributed by atoms with Crippen LogP contribution in [0.1, 0.15) is 27.7 Å². The number of nitrogens with one attached hydrogen (secondary N) is 1. The molecule has 4 aromatic rings. The van der Waals surface area contributed by atoms with E-state index in [-0.39, 0.29) is 24.6 Å². The van der Waals surface area contributed by atoms with E-state index in [4.69, 9.17) is 0 Å². The minimum absolute atomic E-state index is 0.0155. The summed E-state index contributed by atoms with van der Waals surface area (Å²) < 4.78 is 1.15. The van der Waals surface area contributed by atoms with Crippen molar-refractivity contribution in [1.82, 2.24) is 24.5 Å². The lowest BCUT2D eigenvalue weighted by Crippen LogP contribution is -2.36. The van der Waals surface area contributed by atoms with Crippen LogP contribution >= 0.6 is 0 Å². The maximum absolute atomic E-state index is 13.2. The summed E-state index contributed by atoms with van der Waals surface area (Å²) in [7, 11) is 0. The van der Waals surface area contributed by atoms with Crippen LogP contribution in [0.15, 0.2) is 77.9 Å². The number of rotatable bonds is 6. The first-order chi connectivity index (χ1) is 14.1. The molecule has 4 rings (SSSR count). The van der Waals surface area contributed by atoms with Crippen LogP contribution in [0.2, 0.25) is 0 Å². The summed E-state index contributed by atoms with van der Waals surface area (Å²) in [6.45, 7) is 0.324. The van der Waals surface area contributed by atoms with Gasteiger partial charge in [0.2, 0.25) is 0 Å². The topological polar surface area (TPSA) is 104 Å². The van der Waals surface area contributed by atoms with E-state index < -0.39 is 17.6 Å². The van der Waals surface area contributed by atoms with Crippen molar-refractivity contribution in [2.24, 2.45) is 0 Å². The predicted octanol–water partition coefficient (Wildman–Crippen LogP) is 1.79. The van der Waals surface area contributed by atoms with E-state index in [2.05, 4.69) is 15.1 Å². The minimum atomic E-state index is -0.876. The Kier molecular flexibility index (Phi) is 5.17. The largest absolute Gasteiger partial charge is 0.387 e. The van der Waals surface area contributed by atoms with Gasteiger partial charge in [-0.2, -0.15) is 4.52 Å². The van der Waals surface area contributed by atoms with E-state index in [1.54, 1.807) is 12.1 Å². The van der Waals surface area contributed by atoms with E-state index in [1.165, 1.54) is 17.3 Å². The summed E-state index contributed by atoms with van der Waals surface area (Å²) in [5.74, 6) is -0.337. The fourth-order valence-electron chi connectivity index (χ4n) is 3.11. The van der Waals surface area contributed by atoms with Crippen LogP contribution in [-0.4, -0.2) is 42.0 Å². The molecule has 0 spiro atoms. The van der Waals surface area contributed by atoms with Crippen LogP contribution in [0.25, 0.3) is 5.78 Å². The van der Waals surface area contributed by atoms with Crippen molar-refractivity contribution >= 4 is 11.7 Å². The Balaban J connectivity index is 1.66. The molecular formula is C21H19N5O3. The van der Waals surface area contributed by atoms with Crippen molar-refractivity contribution in [2.45, 2.75) is 12.6 Å². The molecule has 1 unspecified atom stereocenters. The number of aliphatic hydroxyl groups is 1. The van der Waals surface area contributed by atoms with Gasteiger partial charge in [0, 0.05) is 12.6 Å². The molecule has 0 aliphatic rings. The van der Waals surface area contributed by atoms with Gasteiger partial charge >= 0.3 is 0 Å². The number of aromatic amines is 1. The molecule has 146 valence electrons. The lowest BCUT2D eigenvalue weighted by molar-refractivity contribution is 0.0598. The minimum Gasteiger partial charge on any atom is -0.387 e. The maximum atomic E-state index is 13.2. The summed E-state index contributed by atoms with van der Waals surface area (Å²) in [5, 5.41) is 13.3. The van der Waals surface area contributed by atoms with Crippen molar-refractivity contribution in [2.75, 3.05) is 6.54 Å². The molecule has 0 aliphatic heterocycles. The number of aromatic nitrogens is 4. The van der Waals surface area contributed by atoms with Gasteiger partial charge in [-0.15, -0.1) is 0 Å². The summed E-state index contributed by atoms with van der Waals surface area (Å²) in [6.07, 6.45) is 0.456. The second-order valence-corrected chi connectivity index (χ2v) is 6.60. The van der Waals surface area contributed by atoms with Crippen LogP contribution in [0.3, 0.4) is 0 Å². The lowest BCUT2D eigenvalue weighted by Gasteiger charge is -2.25. The van der Waals surface area contributed by atoms with Crippen molar-refractivity contribution in [1.29, 1.82) is 0 Å². The highest BCUT2D eigenvalue weighted by Gasteiger charge is 2.23. The maximum Gasteiger partial charge on any atom is 0.274 e. The number of amides is 1. The number of hydrogen-bond donors (Lipinski definition) is 2. The third kappa shape index (κ3) is 4.07. The average Bonchev–Trinajstić information content (AvgIpc) is 3.23. The third-order valence-electron chi connectivity index (χ3n) is 4.57. The first-order valence-electron chi connectivity index (χ1n) is 9.11. The van der Waals surface area contributed by atoms with Gasteiger partial charge in [0.1, 0.15) is 12.0 Å². The highest BCUT2D eigenvalue weighted by Crippen LogP contribution is 2.17. The standard InChI is InChI=1S/C21H19N5O3/c27-18(16-9-5-2-6-10-16)13-25(12-15-7-3-1-4-8-15)20(29)17-11-19(28)26-21(24-17)22-14-23-26/h1-11,14,18,27H,12-13H2,(H,22,23,24). The Hall–Kier alpha value is -3.78. The van der Waals surface area contributed by atoms with Gasteiger partial charge in [0.15, 0.2) is 0 Å². The normalized spacial score (nSPS) is 12.0. The number of aliphatic hydroxyl groups excluding tert-OH is 1. The van der Waals surface area contributed by atoms with Gasteiger partial charge in [0.05, 0.1) is 12.6 Å². The molecule has 2 heterocycles. The molecule has 29 heavy (non-hydrogen) atoms. The number of hydrogen-bond acceptors (Lipinski definition) is 5. The van der Waals surface area contributed by atoms with Gasteiger partial charge in [0.25, 0.3) is 17.2 Å². The molecule has 2 aromatic carbocycles. The Morgan fingerprint density at radius 2 is 1.79 bits per heavy atom. The molecule has 8 heteroatoms. The molecule has 0 aliphatic carbocycles. The Labute approximate surface area is 166 Å². The lowest BCUT2D eigenvalue weighted by atomic mass is 10.1. The smallest absolute Gasteiger partial charge is 0.274 e. The average molecular weight is 389 g/mol. The van der Waals surface area contributed by atoms with E-state index in [9.17, 15) is 14.7 Å². The molecule has 0 bridgehead atoms. The van der Waals surface area contributed by atoms with Gasteiger partial charge in [-0.25, -0.2) is 9.97 Å². The summed E-state index contributed by atoms with van der Waals surface area (Å²) in [4.78, 5) is 35.0. The SMILES string of the molecule is O=C(c1cc(=O)n2[nH]cnc2n1)N(Cc1ccccc1)CC(O)c1ccccc1.